The predicted molar refractivity (Wildman–Crippen MR) is 131 cm³/mol. The fourth-order valence-electron chi connectivity index (χ4n) is 3.77. The number of anilines is 1. The highest BCUT2D eigenvalue weighted by atomic mass is 32.1. The molecule has 3 aromatic rings. The van der Waals surface area contributed by atoms with Crippen LogP contribution in [0.2, 0.25) is 0 Å². The van der Waals surface area contributed by atoms with E-state index in [2.05, 4.69) is 4.98 Å². The highest BCUT2D eigenvalue weighted by molar-refractivity contribution is 7.17. The fourth-order valence-corrected chi connectivity index (χ4v) is 4.72. The number of aryl methyl sites for hydroxylation is 1. The van der Waals surface area contributed by atoms with Crippen LogP contribution in [0.3, 0.4) is 0 Å². The van der Waals surface area contributed by atoms with Gasteiger partial charge in [-0.25, -0.2) is 9.78 Å². The van der Waals surface area contributed by atoms with Crippen LogP contribution in [-0.2, 0) is 27.4 Å². The number of hydrogen-bond acceptors (Lipinski definition) is 7. The van der Waals surface area contributed by atoms with Crippen molar-refractivity contribution in [1.82, 2.24) is 9.88 Å². The molecule has 0 atom stereocenters. The Morgan fingerprint density at radius 2 is 1.66 bits per heavy atom. The lowest BCUT2D eigenvalue weighted by molar-refractivity contribution is -0.139. The van der Waals surface area contributed by atoms with E-state index in [0.717, 1.165) is 22.5 Å². The van der Waals surface area contributed by atoms with E-state index in [0.29, 0.717) is 21.3 Å². The highest BCUT2D eigenvalue weighted by Crippen LogP contribution is 2.29. The van der Waals surface area contributed by atoms with Crippen molar-refractivity contribution in [2.24, 2.45) is 0 Å². The number of thiazole rings is 1. The molecule has 1 saturated heterocycles. The summed E-state index contributed by atoms with van der Waals surface area (Å²) >= 11 is 1.12. The smallest absolute Gasteiger partial charge is 0.350 e. The van der Waals surface area contributed by atoms with Gasteiger partial charge >= 0.3 is 5.97 Å². The van der Waals surface area contributed by atoms with Crippen molar-refractivity contribution in [1.29, 1.82) is 0 Å². The van der Waals surface area contributed by atoms with E-state index in [1.165, 1.54) is 9.80 Å². The highest BCUT2D eigenvalue weighted by Gasteiger charge is 2.29. The Morgan fingerprint density at radius 3 is 2.29 bits per heavy atom. The molecule has 2 aromatic carbocycles. The maximum absolute atomic E-state index is 13.6. The molecule has 0 bridgehead atoms. The van der Waals surface area contributed by atoms with Gasteiger partial charge in [0.2, 0.25) is 11.8 Å². The SMILES string of the molecule is CCOC(=O)c1sc(N(Cc2ccccc2)C(=O)c2ccc(CN3C(=O)CCC3=O)cc2)nc1C. The van der Waals surface area contributed by atoms with Crippen LogP contribution >= 0.6 is 11.3 Å². The number of amides is 3. The van der Waals surface area contributed by atoms with Gasteiger partial charge in [-0.3, -0.25) is 24.2 Å². The molecule has 0 N–H and O–H groups in total. The second kappa shape index (κ2) is 10.6. The van der Waals surface area contributed by atoms with Gasteiger partial charge in [-0.2, -0.15) is 0 Å². The molecule has 180 valence electrons. The van der Waals surface area contributed by atoms with E-state index in [4.69, 9.17) is 4.74 Å². The Hall–Kier alpha value is -3.85. The minimum Gasteiger partial charge on any atom is -0.462 e. The standard InChI is InChI=1S/C26H25N3O5S/c1-3-34-25(33)23-17(2)27-26(35-23)29(16-18-7-5-4-6-8-18)24(32)20-11-9-19(10-12-20)15-28-21(30)13-14-22(28)31/h4-12H,3,13-16H2,1-2H3. The zero-order valence-electron chi connectivity index (χ0n) is 19.5. The zero-order chi connectivity index (χ0) is 24.9. The van der Waals surface area contributed by atoms with Gasteiger partial charge in [-0.05, 0) is 37.1 Å². The molecule has 2 heterocycles. The third kappa shape index (κ3) is 5.46. The molecule has 0 saturated carbocycles. The number of carbonyl (C=O) groups is 4. The van der Waals surface area contributed by atoms with Gasteiger partial charge in [0.1, 0.15) is 4.88 Å². The van der Waals surface area contributed by atoms with E-state index in [9.17, 15) is 19.2 Å². The summed E-state index contributed by atoms with van der Waals surface area (Å²) in [4.78, 5) is 57.4. The number of likely N-dealkylation sites (tertiary alicyclic amines) is 1. The number of rotatable bonds is 8. The number of benzene rings is 2. The van der Waals surface area contributed by atoms with E-state index in [-0.39, 0.29) is 50.3 Å². The minimum absolute atomic E-state index is 0.180. The van der Waals surface area contributed by atoms with Gasteiger partial charge < -0.3 is 4.74 Å². The fraction of sp³-hybridized carbons (Fsp3) is 0.269. The summed E-state index contributed by atoms with van der Waals surface area (Å²) in [6.07, 6.45) is 0.482. The Balaban J connectivity index is 1.60. The Labute approximate surface area is 207 Å². The lowest BCUT2D eigenvalue weighted by Gasteiger charge is -2.20. The van der Waals surface area contributed by atoms with Gasteiger partial charge in [0.05, 0.1) is 25.4 Å². The molecule has 1 fully saturated rings. The number of ether oxygens (including phenoxy) is 1. The molecular weight excluding hydrogens is 466 g/mol. The van der Waals surface area contributed by atoms with Crippen molar-refractivity contribution in [3.8, 4) is 0 Å². The Morgan fingerprint density at radius 1 is 1.00 bits per heavy atom. The van der Waals surface area contributed by atoms with Gasteiger partial charge in [-0.1, -0.05) is 53.8 Å². The first kappa shape index (κ1) is 24.3. The zero-order valence-corrected chi connectivity index (χ0v) is 20.3. The molecule has 0 aliphatic carbocycles. The maximum Gasteiger partial charge on any atom is 0.350 e. The predicted octanol–water partition coefficient (Wildman–Crippen LogP) is 4.12. The summed E-state index contributed by atoms with van der Waals surface area (Å²) in [6.45, 7) is 4.16. The monoisotopic (exact) mass is 491 g/mol. The van der Waals surface area contributed by atoms with Gasteiger partial charge in [0.15, 0.2) is 5.13 Å². The first-order valence-electron chi connectivity index (χ1n) is 11.3. The number of hydrogen-bond donors (Lipinski definition) is 0. The summed E-state index contributed by atoms with van der Waals surface area (Å²) in [5, 5.41) is 0.400. The summed E-state index contributed by atoms with van der Waals surface area (Å²) in [6, 6.07) is 16.3. The summed E-state index contributed by atoms with van der Waals surface area (Å²) in [5.41, 5.74) is 2.60. The molecule has 1 aliphatic rings. The molecule has 4 rings (SSSR count). The second-order valence-corrected chi connectivity index (χ2v) is 9.06. The maximum atomic E-state index is 13.6. The van der Waals surface area contributed by atoms with Crippen LogP contribution in [0.4, 0.5) is 5.13 Å². The van der Waals surface area contributed by atoms with Crippen molar-refractivity contribution >= 4 is 40.2 Å². The van der Waals surface area contributed by atoms with Crippen LogP contribution in [0, 0.1) is 6.92 Å². The van der Waals surface area contributed by atoms with Crippen LogP contribution in [0.1, 0.15) is 56.6 Å². The number of imide groups is 1. The Kier molecular flexibility index (Phi) is 7.36. The van der Waals surface area contributed by atoms with Crippen LogP contribution in [0.25, 0.3) is 0 Å². The summed E-state index contributed by atoms with van der Waals surface area (Å²) in [5.74, 6) is -1.10. The largest absolute Gasteiger partial charge is 0.462 e. The molecule has 35 heavy (non-hydrogen) atoms. The first-order valence-corrected chi connectivity index (χ1v) is 12.1. The van der Waals surface area contributed by atoms with E-state index in [1.54, 1.807) is 38.1 Å². The number of carbonyl (C=O) groups excluding carboxylic acids is 4. The number of nitrogens with zero attached hydrogens (tertiary/aromatic N) is 3. The van der Waals surface area contributed by atoms with Crippen molar-refractivity contribution < 1.29 is 23.9 Å². The summed E-state index contributed by atoms with van der Waals surface area (Å²) < 4.78 is 5.12. The molecule has 1 aromatic heterocycles. The molecule has 9 heteroatoms. The van der Waals surface area contributed by atoms with Crippen LogP contribution in [0.15, 0.2) is 54.6 Å². The first-order chi connectivity index (χ1) is 16.9. The number of aromatic nitrogens is 1. The van der Waals surface area contributed by atoms with Crippen LogP contribution in [0.5, 0.6) is 0 Å². The molecule has 1 aliphatic heterocycles. The van der Waals surface area contributed by atoms with Crippen LogP contribution in [-0.4, -0.2) is 40.2 Å². The normalized spacial score (nSPS) is 13.3. The third-order valence-electron chi connectivity index (χ3n) is 5.60. The molecule has 0 radical (unpaired) electrons. The lowest BCUT2D eigenvalue weighted by atomic mass is 10.1. The van der Waals surface area contributed by atoms with Gasteiger partial charge in [0, 0.05) is 18.4 Å². The summed E-state index contributed by atoms with van der Waals surface area (Å²) in [7, 11) is 0. The van der Waals surface area contributed by atoms with Gasteiger partial charge in [0.25, 0.3) is 5.91 Å². The average molecular weight is 492 g/mol. The number of esters is 1. The van der Waals surface area contributed by atoms with E-state index >= 15 is 0 Å². The van der Waals surface area contributed by atoms with Crippen LogP contribution < -0.4 is 4.90 Å². The van der Waals surface area contributed by atoms with Crippen molar-refractivity contribution in [3.63, 3.8) is 0 Å². The Bertz CT molecular complexity index is 1240. The van der Waals surface area contributed by atoms with Crippen molar-refractivity contribution in [3.05, 3.63) is 81.9 Å². The third-order valence-corrected chi connectivity index (χ3v) is 6.76. The van der Waals surface area contributed by atoms with Crippen molar-refractivity contribution in [2.45, 2.75) is 39.8 Å². The van der Waals surface area contributed by atoms with E-state index in [1.807, 2.05) is 30.3 Å². The van der Waals surface area contributed by atoms with E-state index < -0.39 is 5.97 Å². The quantitative estimate of drug-likeness (QED) is 0.347. The molecule has 3 amide bonds. The minimum atomic E-state index is -0.462. The average Bonchev–Trinajstić information content (AvgIpc) is 3.40. The molecule has 0 spiro atoms. The molecule has 8 nitrogen and oxygen atoms in total. The second-order valence-electron chi connectivity index (χ2n) is 8.08. The van der Waals surface area contributed by atoms with Gasteiger partial charge in [-0.15, -0.1) is 0 Å². The van der Waals surface area contributed by atoms with Crippen molar-refractivity contribution in [2.75, 3.05) is 11.5 Å². The lowest BCUT2D eigenvalue weighted by Crippen LogP contribution is -2.30. The topological polar surface area (TPSA) is 96.9 Å². The molecule has 0 unspecified atom stereocenters. The molecular formula is C26H25N3O5S.